The highest BCUT2D eigenvalue weighted by molar-refractivity contribution is 7.99. The van der Waals surface area contributed by atoms with Crippen molar-refractivity contribution in [3.05, 3.63) is 29.8 Å². The molecule has 0 saturated carbocycles. The van der Waals surface area contributed by atoms with Gasteiger partial charge in [0, 0.05) is 17.0 Å². The minimum Gasteiger partial charge on any atom is -0.497 e. The van der Waals surface area contributed by atoms with Crippen LogP contribution in [-0.2, 0) is 0 Å². The van der Waals surface area contributed by atoms with Crippen molar-refractivity contribution in [1.29, 1.82) is 0 Å². The molecule has 0 aliphatic heterocycles. The molecule has 0 radical (unpaired) electrons. The fraction of sp³-hybridized carbons (Fsp3) is 0.625. The van der Waals surface area contributed by atoms with Crippen LogP contribution in [0.5, 0.6) is 5.75 Å². The van der Waals surface area contributed by atoms with Crippen LogP contribution in [0.15, 0.2) is 24.3 Å². The van der Waals surface area contributed by atoms with Crippen LogP contribution >= 0.6 is 11.8 Å². The Morgan fingerprint density at radius 2 is 2.00 bits per heavy atom. The molecule has 0 aromatic heterocycles. The monoisotopic (exact) mass is 281 g/mol. The zero-order chi connectivity index (χ0) is 14.3. The molecule has 108 valence electrons. The molecule has 3 heteroatoms. The summed E-state index contributed by atoms with van der Waals surface area (Å²) in [6, 6.07) is 8.77. The summed E-state index contributed by atoms with van der Waals surface area (Å²) in [6.45, 7) is 10.0. The average Bonchev–Trinajstić information content (AvgIpc) is 2.42. The summed E-state index contributed by atoms with van der Waals surface area (Å²) < 4.78 is 5.31. The van der Waals surface area contributed by atoms with Crippen molar-refractivity contribution in [1.82, 2.24) is 5.32 Å². The molecular weight excluding hydrogens is 254 g/mol. The van der Waals surface area contributed by atoms with Gasteiger partial charge in [0.05, 0.1) is 7.11 Å². The van der Waals surface area contributed by atoms with Crippen LogP contribution in [0.4, 0.5) is 0 Å². The third kappa shape index (κ3) is 5.45. The fourth-order valence-corrected chi connectivity index (χ4v) is 3.01. The molecule has 19 heavy (non-hydrogen) atoms. The lowest BCUT2D eigenvalue weighted by molar-refractivity contribution is 0.413. The highest BCUT2D eigenvalue weighted by Crippen LogP contribution is 2.26. The smallest absolute Gasteiger partial charge is 0.119 e. The Kier molecular flexibility index (Phi) is 7.32. The quantitative estimate of drug-likeness (QED) is 0.774. The summed E-state index contributed by atoms with van der Waals surface area (Å²) in [5, 5.41) is 4.25. The molecule has 1 aromatic rings. The highest BCUT2D eigenvalue weighted by atomic mass is 32.2. The molecule has 0 amide bonds. The molecule has 0 spiro atoms. The van der Waals surface area contributed by atoms with Gasteiger partial charge in [0.15, 0.2) is 0 Å². The summed E-state index contributed by atoms with van der Waals surface area (Å²) in [5.74, 6) is 2.75. The molecule has 0 bridgehead atoms. The summed E-state index contributed by atoms with van der Waals surface area (Å²) in [5.41, 5.74) is 1.31. The van der Waals surface area contributed by atoms with E-state index in [4.69, 9.17) is 4.74 Å². The maximum atomic E-state index is 5.31. The van der Waals surface area contributed by atoms with E-state index < -0.39 is 0 Å². The van der Waals surface area contributed by atoms with Gasteiger partial charge in [-0.25, -0.2) is 0 Å². The van der Waals surface area contributed by atoms with E-state index in [2.05, 4.69) is 51.2 Å². The minimum atomic E-state index is 0.395. The second-order valence-corrected chi connectivity index (χ2v) is 6.58. The van der Waals surface area contributed by atoms with Gasteiger partial charge >= 0.3 is 0 Å². The molecule has 1 N–H and O–H groups in total. The van der Waals surface area contributed by atoms with Gasteiger partial charge in [0.25, 0.3) is 0 Å². The van der Waals surface area contributed by atoms with Gasteiger partial charge in [-0.2, -0.15) is 11.8 Å². The summed E-state index contributed by atoms with van der Waals surface area (Å²) >= 11 is 2.04. The van der Waals surface area contributed by atoms with E-state index in [1.807, 2.05) is 17.8 Å². The van der Waals surface area contributed by atoms with Gasteiger partial charge in [-0.3, -0.25) is 0 Å². The summed E-state index contributed by atoms with van der Waals surface area (Å²) in [4.78, 5) is 0. The Hall–Kier alpha value is -0.670. The van der Waals surface area contributed by atoms with Crippen molar-refractivity contribution in [2.75, 3.05) is 19.4 Å². The Labute approximate surface area is 122 Å². The molecular formula is C16H27NOS. The molecule has 2 nitrogen and oxygen atoms in total. The molecule has 0 saturated heterocycles. The van der Waals surface area contributed by atoms with E-state index in [9.17, 15) is 0 Å². The number of rotatable bonds is 8. The van der Waals surface area contributed by atoms with Crippen molar-refractivity contribution in [2.45, 2.75) is 39.0 Å². The molecule has 1 aromatic carbocycles. The minimum absolute atomic E-state index is 0.395. The highest BCUT2D eigenvalue weighted by Gasteiger charge is 2.14. The lowest BCUT2D eigenvalue weighted by Gasteiger charge is -2.22. The van der Waals surface area contributed by atoms with Crippen LogP contribution in [0.1, 0.15) is 39.3 Å². The van der Waals surface area contributed by atoms with Crippen molar-refractivity contribution in [3.63, 3.8) is 0 Å². The van der Waals surface area contributed by atoms with Crippen molar-refractivity contribution in [2.24, 2.45) is 5.92 Å². The first-order valence-electron chi connectivity index (χ1n) is 7.07. The topological polar surface area (TPSA) is 21.3 Å². The second kappa shape index (κ2) is 8.49. The molecule has 0 aliphatic rings. The van der Waals surface area contributed by atoms with Crippen LogP contribution in [0.25, 0.3) is 0 Å². The van der Waals surface area contributed by atoms with Crippen LogP contribution < -0.4 is 10.1 Å². The van der Waals surface area contributed by atoms with Gasteiger partial charge < -0.3 is 10.1 Å². The zero-order valence-corrected chi connectivity index (χ0v) is 13.6. The van der Waals surface area contributed by atoms with Gasteiger partial charge in [0.1, 0.15) is 5.75 Å². The number of benzene rings is 1. The van der Waals surface area contributed by atoms with Gasteiger partial charge in [-0.1, -0.05) is 39.8 Å². The van der Waals surface area contributed by atoms with Gasteiger partial charge in [-0.05, 0) is 30.2 Å². The van der Waals surface area contributed by atoms with Crippen molar-refractivity contribution >= 4 is 11.8 Å². The van der Waals surface area contributed by atoms with Crippen LogP contribution in [0.3, 0.4) is 0 Å². The second-order valence-electron chi connectivity index (χ2n) is 5.17. The number of ether oxygens (including phenoxy) is 1. The van der Waals surface area contributed by atoms with E-state index in [0.717, 1.165) is 24.0 Å². The number of hydrogen-bond donors (Lipinski definition) is 1. The van der Waals surface area contributed by atoms with Crippen LogP contribution in [0, 0.1) is 5.92 Å². The molecule has 2 unspecified atom stereocenters. The van der Waals surface area contributed by atoms with Gasteiger partial charge in [0.2, 0.25) is 0 Å². The Balaban J connectivity index is 2.70. The van der Waals surface area contributed by atoms with Crippen molar-refractivity contribution in [3.8, 4) is 5.75 Å². The van der Waals surface area contributed by atoms with E-state index >= 15 is 0 Å². The fourth-order valence-electron chi connectivity index (χ4n) is 1.82. The zero-order valence-electron chi connectivity index (χ0n) is 12.8. The number of hydrogen-bond acceptors (Lipinski definition) is 3. The summed E-state index contributed by atoms with van der Waals surface area (Å²) in [7, 11) is 1.72. The van der Waals surface area contributed by atoms with Crippen molar-refractivity contribution < 1.29 is 4.74 Å². The first-order valence-corrected chi connectivity index (χ1v) is 8.12. The lowest BCUT2D eigenvalue weighted by atomic mass is 10.1. The largest absolute Gasteiger partial charge is 0.497 e. The molecule has 1 rings (SSSR count). The lowest BCUT2D eigenvalue weighted by Crippen LogP contribution is -2.24. The molecule has 0 aliphatic carbocycles. The number of thioether (sulfide) groups is 1. The van der Waals surface area contributed by atoms with E-state index in [1.54, 1.807) is 7.11 Å². The molecule has 0 heterocycles. The van der Waals surface area contributed by atoms with E-state index in [0.29, 0.717) is 11.3 Å². The first kappa shape index (κ1) is 16.4. The predicted octanol–water partition coefficient (Wildman–Crippen LogP) is 4.12. The Morgan fingerprint density at radius 3 is 2.58 bits per heavy atom. The Bertz CT molecular complexity index is 368. The molecule has 0 fully saturated rings. The average molecular weight is 281 g/mol. The van der Waals surface area contributed by atoms with Crippen LogP contribution in [0.2, 0.25) is 0 Å². The SMILES string of the molecule is CCNC(CSC(C)C(C)C)c1cccc(OC)c1. The standard InChI is InChI=1S/C16H27NOS/c1-6-17-16(11-19-13(4)12(2)3)14-8-7-9-15(10-14)18-5/h7-10,12-13,16-17H,6,11H2,1-5H3. The van der Waals surface area contributed by atoms with Crippen LogP contribution in [-0.4, -0.2) is 24.7 Å². The third-order valence-corrected chi connectivity index (χ3v) is 5.01. The first-order chi connectivity index (χ1) is 9.08. The summed E-state index contributed by atoms with van der Waals surface area (Å²) in [6.07, 6.45) is 0. The normalized spacial score (nSPS) is 14.4. The van der Waals surface area contributed by atoms with Gasteiger partial charge in [-0.15, -0.1) is 0 Å². The third-order valence-electron chi connectivity index (χ3n) is 3.41. The maximum Gasteiger partial charge on any atom is 0.119 e. The molecule has 2 atom stereocenters. The predicted molar refractivity (Wildman–Crippen MR) is 86.2 cm³/mol. The number of nitrogens with one attached hydrogen (secondary N) is 1. The van der Waals surface area contributed by atoms with E-state index in [-0.39, 0.29) is 0 Å². The number of methoxy groups -OCH3 is 1. The van der Waals surface area contributed by atoms with E-state index in [1.165, 1.54) is 5.56 Å². The Morgan fingerprint density at radius 1 is 1.26 bits per heavy atom. The maximum absolute atomic E-state index is 5.31.